The van der Waals surface area contributed by atoms with Crippen LogP contribution in [0.15, 0.2) is 53.9 Å². The van der Waals surface area contributed by atoms with E-state index in [1.54, 1.807) is 12.1 Å². The van der Waals surface area contributed by atoms with Gasteiger partial charge in [0.05, 0.1) is 12.1 Å². The lowest BCUT2D eigenvalue weighted by atomic mass is 10.1. The highest BCUT2D eigenvalue weighted by molar-refractivity contribution is 7.15. The predicted octanol–water partition coefficient (Wildman–Crippen LogP) is 3.81. The molecule has 7 heteroatoms. The van der Waals surface area contributed by atoms with Gasteiger partial charge in [0.15, 0.2) is 5.82 Å². The molecule has 2 heterocycles. The van der Waals surface area contributed by atoms with Gasteiger partial charge in [0.25, 0.3) is 0 Å². The smallest absolute Gasteiger partial charge is 0.224 e. The van der Waals surface area contributed by atoms with Crippen molar-refractivity contribution in [2.45, 2.75) is 19.8 Å². The molecule has 0 fully saturated rings. The van der Waals surface area contributed by atoms with E-state index in [4.69, 9.17) is 0 Å². The highest BCUT2D eigenvalue weighted by Gasteiger charge is 2.12. The van der Waals surface area contributed by atoms with Gasteiger partial charge in [-0.2, -0.15) is 4.98 Å². The molecule has 28 heavy (non-hydrogen) atoms. The van der Waals surface area contributed by atoms with Crippen LogP contribution in [0, 0.1) is 12.7 Å². The lowest BCUT2D eigenvalue weighted by molar-refractivity contribution is -0.120. The Labute approximate surface area is 165 Å². The molecule has 5 nitrogen and oxygen atoms in total. The van der Waals surface area contributed by atoms with E-state index in [-0.39, 0.29) is 18.1 Å². The first-order valence-corrected chi connectivity index (χ1v) is 9.88. The first kappa shape index (κ1) is 18.3. The first-order chi connectivity index (χ1) is 13.6. The zero-order valence-electron chi connectivity index (χ0n) is 15.4. The minimum atomic E-state index is -0.302. The molecule has 0 atom stereocenters. The fourth-order valence-electron chi connectivity index (χ4n) is 2.90. The molecule has 0 aliphatic rings. The van der Waals surface area contributed by atoms with Crippen molar-refractivity contribution in [3.05, 3.63) is 76.5 Å². The second-order valence-electron chi connectivity index (χ2n) is 6.63. The molecule has 0 saturated carbocycles. The fourth-order valence-corrected chi connectivity index (χ4v) is 3.76. The summed E-state index contributed by atoms with van der Waals surface area (Å²) in [5, 5.41) is 9.53. The molecule has 2 aromatic carbocycles. The average molecular weight is 394 g/mol. The first-order valence-electron chi connectivity index (χ1n) is 9.00. The SMILES string of the molecule is Cc1ccc(-c2nc3scc(CCNC(=O)Cc4ccc(F)cc4)n3n2)cc1. The molecule has 1 amide bonds. The van der Waals surface area contributed by atoms with Gasteiger partial charge in [0.1, 0.15) is 5.82 Å². The summed E-state index contributed by atoms with van der Waals surface area (Å²) < 4.78 is 14.8. The number of halogens is 1. The molecule has 2 aromatic heterocycles. The number of carbonyl (C=O) groups is 1. The molecule has 0 aliphatic carbocycles. The van der Waals surface area contributed by atoms with Gasteiger partial charge in [-0.3, -0.25) is 4.79 Å². The summed E-state index contributed by atoms with van der Waals surface area (Å²) >= 11 is 1.54. The van der Waals surface area contributed by atoms with Gasteiger partial charge in [-0.05, 0) is 24.6 Å². The molecule has 142 valence electrons. The van der Waals surface area contributed by atoms with Crippen molar-refractivity contribution < 1.29 is 9.18 Å². The predicted molar refractivity (Wildman–Crippen MR) is 108 cm³/mol. The van der Waals surface area contributed by atoms with Crippen LogP contribution in [0.4, 0.5) is 4.39 Å². The third-order valence-corrected chi connectivity index (χ3v) is 5.31. The highest BCUT2D eigenvalue weighted by atomic mass is 32.1. The standard InChI is InChI=1S/C21H19FN4OS/c1-14-2-6-16(7-3-14)20-24-21-26(25-20)18(13-28-21)10-11-23-19(27)12-15-4-8-17(22)9-5-15/h2-9,13H,10-12H2,1H3,(H,23,27). The third-order valence-electron chi connectivity index (χ3n) is 4.44. The van der Waals surface area contributed by atoms with E-state index >= 15 is 0 Å². The molecule has 0 aliphatic heterocycles. The van der Waals surface area contributed by atoms with Gasteiger partial charge in [-0.1, -0.05) is 42.0 Å². The highest BCUT2D eigenvalue weighted by Crippen LogP contribution is 2.21. The average Bonchev–Trinajstić information content (AvgIpc) is 3.26. The fraction of sp³-hybridized carbons (Fsp3) is 0.190. The number of aryl methyl sites for hydroxylation is 1. The van der Waals surface area contributed by atoms with E-state index in [0.29, 0.717) is 18.8 Å². The Morgan fingerprint density at radius 2 is 1.89 bits per heavy atom. The maximum absolute atomic E-state index is 12.9. The summed E-state index contributed by atoms with van der Waals surface area (Å²) in [4.78, 5) is 17.5. The number of nitrogens with one attached hydrogen (secondary N) is 1. The van der Waals surface area contributed by atoms with Crippen molar-refractivity contribution >= 4 is 22.2 Å². The molecule has 0 saturated heterocycles. The number of hydrogen-bond donors (Lipinski definition) is 1. The molecule has 4 rings (SSSR count). The summed E-state index contributed by atoms with van der Waals surface area (Å²) in [6, 6.07) is 14.1. The Kier molecular flexibility index (Phi) is 5.16. The van der Waals surface area contributed by atoms with E-state index in [9.17, 15) is 9.18 Å². The van der Waals surface area contributed by atoms with Gasteiger partial charge in [-0.25, -0.2) is 8.91 Å². The van der Waals surface area contributed by atoms with Crippen LogP contribution in [0.1, 0.15) is 16.8 Å². The molecule has 4 aromatic rings. The van der Waals surface area contributed by atoms with E-state index in [2.05, 4.69) is 15.4 Å². The molecular weight excluding hydrogens is 375 g/mol. The van der Waals surface area contributed by atoms with Gasteiger partial charge in [0, 0.05) is 23.9 Å². The minimum absolute atomic E-state index is 0.0861. The monoisotopic (exact) mass is 394 g/mol. The Bertz CT molecular complexity index is 1100. The van der Waals surface area contributed by atoms with E-state index in [1.807, 2.05) is 41.1 Å². The van der Waals surface area contributed by atoms with Crippen LogP contribution in [0.2, 0.25) is 0 Å². The number of aromatic nitrogens is 3. The summed E-state index contributed by atoms with van der Waals surface area (Å²) in [5.74, 6) is 0.314. The Hall–Kier alpha value is -3.06. The number of amides is 1. The zero-order valence-corrected chi connectivity index (χ0v) is 16.2. The maximum Gasteiger partial charge on any atom is 0.224 e. The summed E-state index contributed by atoms with van der Waals surface area (Å²) in [6.45, 7) is 2.55. The number of benzene rings is 2. The van der Waals surface area contributed by atoms with Gasteiger partial charge in [-0.15, -0.1) is 16.4 Å². The van der Waals surface area contributed by atoms with E-state index in [0.717, 1.165) is 21.8 Å². The third kappa shape index (κ3) is 4.09. The lowest BCUT2D eigenvalue weighted by Crippen LogP contribution is -2.27. The number of nitrogens with zero attached hydrogens (tertiary/aromatic N) is 3. The van der Waals surface area contributed by atoms with Gasteiger partial charge >= 0.3 is 0 Å². The molecule has 0 radical (unpaired) electrons. The van der Waals surface area contributed by atoms with Crippen molar-refractivity contribution in [2.24, 2.45) is 0 Å². The van der Waals surface area contributed by atoms with Crippen LogP contribution in [-0.4, -0.2) is 27.0 Å². The summed E-state index contributed by atoms with van der Waals surface area (Å²) in [5.41, 5.74) is 3.98. The molecular formula is C21H19FN4OS. The van der Waals surface area contributed by atoms with Crippen molar-refractivity contribution in [1.82, 2.24) is 19.9 Å². The van der Waals surface area contributed by atoms with Crippen molar-refractivity contribution in [2.75, 3.05) is 6.54 Å². The molecule has 0 unspecified atom stereocenters. The van der Waals surface area contributed by atoms with Crippen molar-refractivity contribution in [3.8, 4) is 11.4 Å². The second kappa shape index (κ2) is 7.90. The quantitative estimate of drug-likeness (QED) is 0.541. The van der Waals surface area contributed by atoms with Crippen LogP contribution in [0.3, 0.4) is 0 Å². The van der Waals surface area contributed by atoms with E-state index < -0.39 is 0 Å². The number of rotatable bonds is 6. The second-order valence-corrected chi connectivity index (χ2v) is 7.46. The molecule has 1 N–H and O–H groups in total. The normalized spacial score (nSPS) is 11.1. The number of carbonyl (C=O) groups excluding carboxylic acids is 1. The van der Waals surface area contributed by atoms with Crippen LogP contribution < -0.4 is 5.32 Å². The topological polar surface area (TPSA) is 59.3 Å². The summed E-state index contributed by atoms with van der Waals surface area (Å²) in [7, 11) is 0. The Morgan fingerprint density at radius 3 is 2.64 bits per heavy atom. The zero-order chi connectivity index (χ0) is 19.5. The van der Waals surface area contributed by atoms with Crippen LogP contribution in [0.25, 0.3) is 16.3 Å². The van der Waals surface area contributed by atoms with Crippen LogP contribution >= 0.6 is 11.3 Å². The van der Waals surface area contributed by atoms with Gasteiger partial charge in [0.2, 0.25) is 10.9 Å². The van der Waals surface area contributed by atoms with Crippen molar-refractivity contribution in [1.29, 1.82) is 0 Å². The summed E-state index contributed by atoms with van der Waals surface area (Å²) in [6.07, 6.45) is 0.895. The lowest BCUT2D eigenvalue weighted by Gasteiger charge is -2.05. The Balaban J connectivity index is 1.37. The van der Waals surface area contributed by atoms with Crippen LogP contribution in [-0.2, 0) is 17.6 Å². The number of thiazole rings is 1. The minimum Gasteiger partial charge on any atom is -0.355 e. The van der Waals surface area contributed by atoms with Gasteiger partial charge < -0.3 is 5.32 Å². The molecule has 0 bridgehead atoms. The number of fused-ring (bicyclic) bond motifs is 1. The number of hydrogen-bond acceptors (Lipinski definition) is 4. The Morgan fingerprint density at radius 1 is 1.14 bits per heavy atom. The maximum atomic E-state index is 12.9. The van der Waals surface area contributed by atoms with Crippen LogP contribution in [0.5, 0.6) is 0 Å². The largest absolute Gasteiger partial charge is 0.355 e. The van der Waals surface area contributed by atoms with Crippen molar-refractivity contribution in [3.63, 3.8) is 0 Å². The molecule has 0 spiro atoms. The van der Waals surface area contributed by atoms with E-state index in [1.165, 1.54) is 29.0 Å².